The third kappa shape index (κ3) is 3.62. The standard InChI is InChI=1S/C14H9BrF2N2OS/c15-10-3-1-7(5-11(10)17)14(20)19-12-4-2-8(16)6-9(12)13(18)21/h1-6H,(H2,18,21)(H,19,20). The predicted octanol–water partition coefficient (Wildman–Crippen LogP) is 3.61. The molecule has 0 saturated heterocycles. The molecule has 0 aliphatic heterocycles. The zero-order chi connectivity index (χ0) is 15.6. The first-order valence-corrected chi connectivity index (χ1v) is 6.94. The van der Waals surface area contributed by atoms with Crippen molar-refractivity contribution in [3.8, 4) is 0 Å². The Morgan fingerprint density at radius 1 is 1.19 bits per heavy atom. The fraction of sp³-hybridized carbons (Fsp3) is 0. The van der Waals surface area contributed by atoms with Crippen LogP contribution in [0.3, 0.4) is 0 Å². The number of amides is 1. The van der Waals surface area contributed by atoms with Gasteiger partial charge in [-0.15, -0.1) is 0 Å². The molecule has 2 rings (SSSR count). The molecule has 2 aromatic rings. The van der Waals surface area contributed by atoms with Gasteiger partial charge in [0.15, 0.2) is 0 Å². The molecule has 0 radical (unpaired) electrons. The quantitative estimate of drug-likeness (QED) is 0.811. The van der Waals surface area contributed by atoms with Crippen LogP contribution in [0.4, 0.5) is 14.5 Å². The van der Waals surface area contributed by atoms with Gasteiger partial charge in [0, 0.05) is 11.1 Å². The van der Waals surface area contributed by atoms with E-state index in [4.69, 9.17) is 18.0 Å². The van der Waals surface area contributed by atoms with Crippen LogP contribution in [0.2, 0.25) is 0 Å². The van der Waals surface area contributed by atoms with Gasteiger partial charge in [-0.2, -0.15) is 0 Å². The van der Waals surface area contributed by atoms with E-state index in [-0.39, 0.29) is 26.3 Å². The topological polar surface area (TPSA) is 55.1 Å². The molecule has 108 valence electrons. The van der Waals surface area contributed by atoms with Crippen molar-refractivity contribution in [3.63, 3.8) is 0 Å². The average molecular weight is 371 g/mol. The summed E-state index contributed by atoms with van der Waals surface area (Å²) in [6.07, 6.45) is 0. The minimum absolute atomic E-state index is 0.0493. The highest BCUT2D eigenvalue weighted by molar-refractivity contribution is 9.10. The molecule has 7 heteroatoms. The molecule has 0 aliphatic carbocycles. The van der Waals surface area contributed by atoms with Crippen LogP contribution in [0.1, 0.15) is 15.9 Å². The Bertz CT molecular complexity index is 737. The lowest BCUT2D eigenvalue weighted by atomic mass is 10.1. The van der Waals surface area contributed by atoms with Crippen LogP contribution in [-0.4, -0.2) is 10.9 Å². The molecule has 21 heavy (non-hydrogen) atoms. The van der Waals surface area contributed by atoms with Crippen molar-refractivity contribution in [2.75, 3.05) is 5.32 Å². The van der Waals surface area contributed by atoms with E-state index < -0.39 is 17.5 Å². The second-order valence-corrected chi connectivity index (χ2v) is 5.43. The summed E-state index contributed by atoms with van der Waals surface area (Å²) in [4.78, 5) is 12.0. The minimum atomic E-state index is -0.559. The van der Waals surface area contributed by atoms with E-state index in [0.29, 0.717) is 0 Å². The Balaban J connectivity index is 2.31. The summed E-state index contributed by atoms with van der Waals surface area (Å²) in [6.45, 7) is 0. The van der Waals surface area contributed by atoms with E-state index >= 15 is 0 Å². The molecule has 1 amide bonds. The smallest absolute Gasteiger partial charge is 0.255 e. The highest BCUT2D eigenvalue weighted by Gasteiger charge is 2.13. The van der Waals surface area contributed by atoms with Gasteiger partial charge in [-0.25, -0.2) is 8.78 Å². The lowest BCUT2D eigenvalue weighted by molar-refractivity contribution is 0.102. The number of nitrogens with one attached hydrogen (secondary N) is 1. The predicted molar refractivity (Wildman–Crippen MR) is 84.3 cm³/mol. The summed E-state index contributed by atoms with van der Waals surface area (Å²) in [6, 6.07) is 7.59. The Kier molecular flexibility index (Phi) is 4.64. The van der Waals surface area contributed by atoms with Gasteiger partial charge in [-0.05, 0) is 52.3 Å². The summed E-state index contributed by atoms with van der Waals surface area (Å²) >= 11 is 7.81. The van der Waals surface area contributed by atoms with Gasteiger partial charge in [-0.3, -0.25) is 4.79 Å². The molecular weight excluding hydrogens is 362 g/mol. The van der Waals surface area contributed by atoms with Crippen molar-refractivity contribution in [2.24, 2.45) is 5.73 Å². The summed E-state index contributed by atoms with van der Waals surface area (Å²) in [5, 5.41) is 2.53. The summed E-state index contributed by atoms with van der Waals surface area (Å²) < 4.78 is 26.9. The number of hydrogen-bond donors (Lipinski definition) is 2. The Morgan fingerprint density at radius 3 is 2.52 bits per heavy atom. The lowest BCUT2D eigenvalue weighted by Gasteiger charge is -2.10. The number of halogens is 3. The van der Waals surface area contributed by atoms with Crippen LogP contribution in [-0.2, 0) is 0 Å². The molecule has 3 N–H and O–H groups in total. The van der Waals surface area contributed by atoms with Gasteiger partial charge < -0.3 is 11.1 Å². The lowest BCUT2D eigenvalue weighted by Crippen LogP contribution is -2.18. The minimum Gasteiger partial charge on any atom is -0.389 e. The van der Waals surface area contributed by atoms with Gasteiger partial charge in [0.05, 0.1) is 10.2 Å². The fourth-order valence-electron chi connectivity index (χ4n) is 1.66. The molecule has 0 saturated carbocycles. The Labute approximate surface area is 133 Å². The average Bonchev–Trinajstić information content (AvgIpc) is 2.43. The number of thiocarbonyl (C=S) groups is 1. The van der Waals surface area contributed by atoms with Crippen LogP contribution in [0.15, 0.2) is 40.9 Å². The normalized spacial score (nSPS) is 10.2. The third-order valence-electron chi connectivity index (χ3n) is 2.68. The number of carbonyl (C=O) groups is 1. The third-order valence-corrected chi connectivity index (χ3v) is 3.54. The van der Waals surface area contributed by atoms with Crippen LogP contribution in [0.25, 0.3) is 0 Å². The molecule has 3 nitrogen and oxygen atoms in total. The largest absolute Gasteiger partial charge is 0.389 e. The SMILES string of the molecule is NC(=S)c1cc(F)ccc1NC(=O)c1ccc(Br)c(F)c1. The second kappa shape index (κ2) is 6.28. The Morgan fingerprint density at radius 2 is 1.90 bits per heavy atom. The van der Waals surface area contributed by atoms with Crippen LogP contribution < -0.4 is 11.1 Å². The first-order valence-electron chi connectivity index (χ1n) is 5.74. The van der Waals surface area contributed by atoms with Crippen molar-refractivity contribution in [1.29, 1.82) is 0 Å². The van der Waals surface area contributed by atoms with Gasteiger partial charge in [0.2, 0.25) is 0 Å². The first kappa shape index (κ1) is 15.5. The van der Waals surface area contributed by atoms with E-state index in [9.17, 15) is 13.6 Å². The molecule has 0 aliphatic rings. The van der Waals surface area contributed by atoms with E-state index in [0.717, 1.165) is 12.1 Å². The van der Waals surface area contributed by atoms with Crippen molar-refractivity contribution in [2.45, 2.75) is 0 Å². The number of carbonyl (C=O) groups excluding carboxylic acids is 1. The van der Waals surface area contributed by atoms with Crippen LogP contribution >= 0.6 is 28.1 Å². The van der Waals surface area contributed by atoms with E-state index in [2.05, 4.69) is 21.2 Å². The number of benzene rings is 2. The van der Waals surface area contributed by atoms with Crippen molar-refractivity contribution in [3.05, 3.63) is 63.6 Å². The number of hydrogen-bond acceptors (Lipinski definition) is 2. The maximum Gasteiger partial charge on any atom is 0.255 e. The highest BCUT2D eigenvalue weighted by atomic mass is 79.9. The molecule has 0 fully saturated rings. The van der Waals surface area contributed by atoms with E-state index in [1.54, 1.807) is 0 Å². The summed E-state index contributed by atoms with van der Waals surface area (Å²) in [5.41, 5.74) is 6.07. The van der Waals surface area contributed by atoms with Gasteiger partial charge in [-0.1, -0.05) is 12.2 Å². The number of anilines is 1. The molecule has 0 bridgehead atoms. The molecular formula is C14H9BrF2N2OS. The van der Waals surface area contributed by atoms with Crippen LogP contribution in [0, 0.1) is 11.6 Å². The van der Waals surface area contributed by atoms with Crippen molar-refractivity contribution in [1.82, 2.24) is 0 Å². The first-order chi connectivity index (χ1) is 9.88. The van der Waals surface area contributed by atoms with E-state index in [1.807, 2.05) is 0 Å². The second-order valence-electron chi connectivity index (χ2n) is 4.14. The van der Waals surface area contributed by atoms with Crippen molar-refractivity contribution < 1.29 is 13.6 Å². The molecule has 2 aromatic carbocycles. The molecule has 0 heterocycles. The monoisotopic (exact) mass is 370 g/mol. The summed E-state index contributed by atoms with van der Waals surface area (Å²) in [5.74, 6) is -1.63. The van der Waals surface area contributed by atoms with Crippen LogP contribution in [0.5, 0.6) is 0 Å². The molecule has 0 atom stereocenters. The molecule has 0 spiro atoms. The zero-order valence-electron chi connectivity index (χ0n) is 10.5. The molecule has 0 unspecified atom stereocenters. The maximum absolute atomic E-state index is 13.4. The zero-order valence-corrected chi connectivity index (χ0v) is 12.9. The molecule has 0 aromatic heterocycles. The maximum atomic E-state index is 13.4. The summed E-state index contributed by atoms with van der Waals surface area (Å²) in [7, 11) is 0. The van der Waals surface area contributed by atoms with Gasteiger partial charge in [0.1, 0.15) is 16.6 Å². The van der Waals surface area contributed by atoms with Gasteiger partial charge >= 0.3 is 0 Å². The van der Waals surface area contributed by atoms with E-state index in [1.165, 1.54) is 24.3 Å². The highest BCUT2D eigenvalue weighted by Crippen LogP contribution is 2.20. The van der Waals surface area contributed by atoms with Gasteiger partial charge in [0.25, 0.3) is 5.91 Å². The van der Waals surface area contributed by atoms with Crippen molar-refractivity contribution >= 4 is 44.7 Å². The number of rotatable bonds is 3. The Hall–Kier alpha value is -1.86. The number of nitrogens with two attached hydrogens (primary N) is 1. The fourth-order valence-corrected chi connectivity index (χ4v) is 2.08.